The molecule has 2 aromatic rings. The number of esters is 1. The molecule has 0 atom stereocenters. The largest absolute Gasteiger partial charge is 0.459 e. The lowest BCUT2D eigenvalue weighted by Gasteiger charge is -1.97. The van der Waals surface area contributed by atoms with Crippen LogP contribution in [0.15, 0.2) is 39.4 Å². The maximum absolute atomic E-state index is 11.4. The first-order valence-electron chi connectivity index (χ1n) is 5.09. The number of rotatable bonds is 3. The second-order valence-corrected chi connectivity index (χ2v) is 4.18. The van der Waals surface area contributed by atoms with E-state index in [4.69, 9.17) is 9.15 Å². The van der Waals surface area contributed by atoms with Gasteiger partial charge in [-0.05, 0) is 19.1 Å². The van der Waals surface area contributed by atoms with E-state index in [9.17, 15) is 4.79 Å². The van der Waals surface area contributed by atoms with Crippen LogP contribution in [0.4, 0.5) is 0 Å². The lowest BCUT2D eigenvalue weighted by atomic mass is 10.2. The molecule has 0 amide bonds. The third-order valence-corrected chi connectivity index (χ3v) is 2.56. The molecule has 1 aromatic heterocycles. The van der Waals surface area contributed by atoms with Crippen molar-refractivity contribution in [1.82, 2.24) is 4.98 Å². The number of oxazole rings is 1. The number of halogens is 1. The number of hydrogen-bond acceptors (Lipinski definition) is 4. The first kappa shape index (κ1) is 11.9. The Morgan fingerprint density at radius 3 is 3.06 bits per heavy atom. The van der Waals surface area contributed by atoms with Crippen LogP contribution in [-0.2, 0) is 4.74 Å². The van der Waals surface area contributed by atoms with Gasteiger partial charge in [-0.2, -0.15) is 0 Å². The number of carbonyl (C=O) groups is 1. The van der Waals surface area contributed by atoms with Crippen molar-refractivity contribution in [3.8, 4) is 11.3 Å². The molecule has 0 radical (unpaired) electrons. The average molecular weight is 296 g/mol. The van der Waals surface area contributed by atoms with E-state index in [0.29, 0.717) is 12.4 Å². The van der Waals surface area contributed by atoms with Crippen LogP contribution >= 0.6 is 15.9 Å². The normalized spacial score (nSPS) is 10.2. The number of nitrogens with zero attached hydrogens (tertiary/aromatic N) is 1. The topological polar surface area (TPSA) is 52.3 Å². The summed E-state index contributed by atoms with van der Waals surface area (Å²) in [6, 6.07) is 7.55. The van der Waals surface area contributed by atoms with Gasteiger partial charge in [0.25, 0.3) is 0 Å². The minimum absolute atomic E-state index is 0.0261. The lowest BCUT2D eigenvalue weighted by molar-refractivity contribution is 0.0482. The highest BCUT2D eigenvalue weighted by atomic mass is 79.9. The maximum atomic E-state index is 11.4. The van der Waals surface area contributed by atoms with E-state index in [-0.39, 0.29) is 5.89 Å². The Morgan fingerprint density at radius 1 is 1.53 bits per heavy atom. The van der Waals surface area contributed by atoms with E-state index in [1.807, 2.05) is 24.3 Å². The van der Waals surface area contributed by atoms with Crippen molar-refractivity contribution in [3.63, 3.8) is 0 Å². The van der Waals surface area contributed by atoms with Gasteiger partial charge < -0.3 is 9.15 Å². The predicted molar refractivity (Wildman–Crippen MR) is 65.6 cm³/mol. The molecule has 4 nitrogen and oxygen atoms in total. The number of hydrogen-bond donors (Lipinski definition) is 0. The van der Waals surface area contributed by atoms with E-state index >= 15 is 0 Å². The minimum atomic E-state index is -0.547. The predicted octanol–water partition coefficient (Wildman–Crippen LogP) is 3.28. The summed E-state index contributed by atoms with van der Waals surface area (Å²) in [5.74, 6) is -0.0371. The van der Waals surface area contributed by atoms with Crippen LogP contribution in [0, 0.1) is 0 Å². The fraction of sp³-hybridized carbons (Fsp3) is 0.167. The monoisotopic (exact) mass is 295 g/mol. The van der Waals surface area contributed by atoms with Gasteiger partial charge in [-0.1, -0.05) is 28.1 Å². The van der Waals surface area contributed by atoms with Crippen LogP contribution in [-0.4, -0.2) is 17.6 Å². The second kappa shape index (κ2) is 5.14. The van der Waals surface area contributed by atoms with Crippen LogP contribution in [0.1, 0.15) is 17.6 Å². The molecule has 0 aliphatic carbocycles. The molecule has 0 aliphatic rings. The number of benzene rings is 1. The quantitative estimate of drug-likeness (QED) is 0.816. The summed E-state index contributed by atoms with van der Waals surface area (Å²) in [5, 5.41) is 0. The molecule has 0 saturated heterocycles. The van der Waals surface area contributed by atoms with Crippen LogP contribution < -0.4 is 0 Å². The first-order valence-corrected chi connectivity index (χ1v) is 5.89. The Morgan fingerprint density at radius 2 is 2.35 bits per heavy atom. The van der Waals surface area contributed by atoms with E-state index in [1.54, 1.807) is 6.92 Å². The fourth-order valence-corrected chi connectivity index (χ4v) is 1.74. The zero-order chi connectivity index (χ0) is 12.3. The molecular weight excluding hydrogens is 286 g/mol. The number of carbonyl (C=O) groups excluding carboxylic acids is 1. The molecule has 1 heterocycles. The van der Waals surface area contributed by atoms with Gasteiger partial charge in [0.2, 0.25) is 0 Å². The molecular formula is C12H10BrNO3. The van der Waals surface area contributed by atoms with Crippen LogP contribution in [0.5, 0.6) is 0 Å². The van der Waals surface area contributed by atoms with E-state index < -0.39 is 5.97 Å². The van der Waals surface area contributed by atoms with E-state index in [2.05, 4.69) is 20.9 Å². The molecule has 0 unspecified atom stereocenters. The van der Waals surface area contributed by atoms with Gasteiger partial charge in [-0.25, -0.2) is 9.78 Å². The molecule has 2 rings (SSSR count). The molecule has 5 heteroatoms. The van der Waals surface area contributed by atoms with Crippen molar-refractivity contribution in [3.05, 3.63) is 40.8 Å². The number of ether oxygens (including phenoxy) is 1. The van der Waals surface area contributed by atoms with Gasteiger partial charge >= 0.3 is 11.9 Å². The van der Waals surface area contributed by atoms with Crippen LogP contribution in [0.25, 0.3) is 11.3 Å². The average Bonchev–Trinajstić information content (AvgIpc) is 2.78. The molecule has 0 bridgehead atoms. The summed E-state index contributed by atoms with van der Waals surface area (Å²) in [4.78, 5) is 15.3. The van der Waals surface area contributed by atoms with Gasteiger partial charge in [0.15, 0.2) is 5.76 Å². The Kier molecular flexibility index (Phi) is 3.58. The Bertz CT molecular complexity index is 536. The summed E-state index contributed by atoms with van der Waals surface area (Å²) in [6.45, 7) is 2.03. The van der Waals surface area contributed by atoms with Gasteiger partial charge in [0.05, 0.1) is 12.8 Å². The maximum Gasteiger partial charge on any atom is 0.394 e. The summed E-state index contributed by atoms with van der Waals surface area (Å²) >= 11 is 3.37. The van der Waals surface area contributed by atoms with Crippen molar-refractivity contribution in [2.75, 3.05) is 6.61 Å². The standard InChI is InChI=1S/C12H10BrNO3/c1-2-16-12(15)11-14-7-10(17-11)8-4-3-5-9(13)6-8/h3-7H,2H2,1H3. The summed E-state index contributed by atoms with van der Waals surface area (Å²) < 4.78 is 11.1. The van der Waals surface area contributed by atoms with Crippen molar-refractivity contribution in [2.24, 2.45) is 0 Å². The Balaban J connectivity index is 2.27. The SMILES string of the molecule is CCOC(=O)c1ncc(-c2cccc(Br)c2)o1. The number of aromatic nitrogens is 1. The molecule has 0 aliphatic heterocycles. The first-order chi connectivity index (χ1) is 8.20. The highest BCUT2D eigenvalue weighted by Crippen LogP contribution is 2.23. The molecule has 17 heavy (non-hydrogen) atoms. The zero-order valence-corrected chi connectivity index (χ0v) is 10.7. The zero-order valence-electron chi connectivity index (χ0n) is 9.14. The lowest BCUT2D eigenvalue weighted by Crippen LogP contribution is -2.04. The second-order valence-electron chi connectivity index (χ2n) is 3.26. The molecule has 88 valence electrons. The third-order valence-electron chi connectivity index (χ3n) is 2.06. The van der Waals surface area contributed by atoms with Crippen molar-refractivity contribution < 1.29 is 13.9 Å². The fourth-order valence-electron chi connectivity index (χ4n) is 1.34. The van der Waals surface area contributed by atoms with Gasteiger partial charge in [0.1, 0.15) is 0 Å². The Hall–Kier alpha value is -1.62. The van der Waals surface area contributed by atoms with Gasteiger partial charge in [-0.15, -0.1) is 0 Å². The highest BCUT2D eigenvalue weighted by molar-refractivity contribution is 9.10. The summed E-state index contributed by atoms with van der Waals surface area (Å²) in [7, 11) is 0. The Labute approximate surface area is 107 Å². The van der Waals surface area contributed by atoms with E-state index in [1.165, 1.54) is 6.20 Å². The molecule has 0 spiro atoms. The van der Waals surface area contributed by atoms with Crippen LogP contribution in [0.3, 0.4) is 0 Å². The van der Waals surface area contributed by atoms with Gasteiger partial charge in [0, 0.05) is 10.0 Å². The summed E-state index contributed by atoms with van der Waals surface area (Å²) in [6.07, 6.45) is 1.51. The van der Waals surface area contributed by atoms with Crippen molar-refractivity contribution in [1.29, 1.82) is 0 Å². The molecule has 0 saturated carbocycles. The molecule has 0 N–H and O–H groups in total. The smallest absolute Gasteiger partial charge is 0.394 e. The van der Waals surface area contributed by atoms with Gasteiger partial charge in [-0.3, -0.25) is 0 Å². The minimum Gasteiger partial charge on any atom is -0.459 e. The highest BCUT2D eigenvalue weighted by Gasteiger charge is 2.14. The van der Waals surface area contributed by atoms with E-state index in [0.717, 1.165) is 10.0 Å². The third kappa shape index (κ3) is 2.74. The van der Waals surface area contributed by atoms with Crippen LogP contribution in [0.2, 0.25) is 0 Å². The van der Waals surface area contributed by atoms with Crippen molar-refractivity contribution >= 4 is 21.9 Å². The summed E-state index contributed by atoms with van der Waals surface area (Å²) in [5.41, 5.74) is 0.849. The van der Waals surface area contributed by atoms with Crippen molar-refractivity contribution in [2.45, 2.75) is 6.92 Å². The molecule has 0 fully saturated rings. The molecule has 1 aromatic carbocycles.